The maximum Gasteiger partial charge on any atom is 0.323 e. The van der Waals surface area contributed by atoms with Crippen molar-refractivity contribution < 1.29 is 9.90 Å². The third kappa shape index (κ3) is 2.33. The molecule has 0 aromatic carbocycles. The van der Waals surface area contributed by atoms with Crippen LogP contribution in [0.3, 0.4) is 0 Å². The summed E-state index contributed by atoms with van der Waals surface area (Å²) >= 11 is 0. The van der Waals surface area contributed by atoms with E-state index in [4.69, 9.17) is 0 Å². The number of hydrogen-bond donors (Lipinski definition) is 2. The van der Waals surface area contributed by atoms with Crippen LogP contribution < -0.4 is 5.32 Å². The monoisotopic (exact) mass is 240 g/mol. The smallest absolute Gasteiger partial charge is 0.323 e. The first kappa shape index (κ1) is 12.8. The Morgan fingerprint density at radius 1 is 1.41 bits per heavy atom. The molecule has 1 aliphatic carbocycles. The molecular formula is C13H24N2O2. The molecule has 1 heterocycles. The van der Waals surface area contributed by atoms with E-state index in [0.29, 0.717) is 12.1 Å². The SMILES string of the molecule is CNC1(C(=O)O)CCCC(N2CCCC2C)C1. The van der Waals surface area contributed by atoms with Gasteiger partial charge in [0.05, 0.1) is 0 Å². The highest BCUT2D eigenvalue weighted by molar-refractivity contribution is 5.79. The molecule has 2 fully saturated rings. The fourth-order valence-electron chi connectivity index (χ4n) is 3.56. The Morgan fingerprint density at radius 2 is 2.18 bits per heavy atom. The van der Waals surface area contributed by atoms with Gasteiger partial charge in [-0.05, 0) is 59.0 Å². The molecule has 2 N–H and O–H groups in total. The van der Waals surface area contributed by atoms with Crippen molar-refractivity contribution in [2.75, 3.05) is 13.6 Å². The predicted molar refractivity (Wildman–Crippen MR) is 67.1 cm³/mol. The Bertz CT molecular complexity index is 295. The van der Waals surface area contributed by atoms with Crippen LogP contribution in [0.5, 0.6) is 0 Å². The van der Waals surface area contributed by atoms with Crippen LogP contribution in [0.2, 0.25) is 0 Å². The Hall–Kier alpha value is -0.610. The zero-order valence-electron chi connectivity index (χ0n) is 10.9. The lowest BCUT2D eigenvalue weighted by molar-refractivity contribution is -0.147. The summed E-state index contributed by atoms with van der Waals surface area (Å²) in [7, 11) is 1.78. The maximum atomic E-state index is 11.5. The normalized spacial score (nSPS) is 39.4. The largest absolute Gasteiger partial charge is 0.480 e. The molecule has 2 rings (SSSR count). The summed E-state index contributed by atoms with van der Waals surface area (Å²) in [6.07, 6.45) is 6.20. The molecule has 1 saturated heterocycles. The van der Waals surface area contributed by atoms with Crippen molar-refractivity contribution in [3.63, 3.8) is 0 Å². The van der Waals surface area contributed by atoms with Gasteiger partial charge in [0.25, 0.3) is 0 Å². The van der Waals surface area contributed by atoms with Crippen molar-refractivity contribution in [3.8, 4) is 0 Å². The first-order valence-electron chi connectivity index (χ1n) is 6.77. The summed E-state index contributed by atoms with van der Waals surface area (Å²) in [5.74, 6) is -0.684. The van der Waals surface area contributed by atoms with Gasteiger partial charge < -0.3 is 10.4 Å². The van der Waals surface area contributed by atoms with Crippen LogP contribution in [0, 0.1) is 0 Å². The number of rotatable bonds is 3. The minimum atomic E-state index is -0.689. The molecule has 0 amide bonds. The molecule has 17 heavy (non-hydrogen) atoms. The lowest BCUT2D eigenvalue weighted by Gasteiger charge is -2.42. The minimum Gasteiger partial charge on any atom is -0.480 e. The van der Waals surface area contributed by atoms with Crippen molar-refractivity contribution in [1.29, 1.82) is 0 Å². The van der Waals surface area contributed by atoms with Gasteiger partial charge >= 0.3 is 5.97 Å². The summed E-state index contributed by atoms with van der Waals surface area (Å²) in [6.45, 7) is 3.41. The summed E-state index contributed by atoms with van der Waals surface area (Å²) in [5.41, 5.74) is -0.689. The van der Waals surface area contributed by atoms with Crippen LogP contribution in [0.15, 0.2) is 0 Å². The second-order valence-electron chi connectivity index (χ2n) is 5.62. The van der Waals surface area contributed by atoms with Gasteiger partial charge in [0.2, 0.25) is 0 Å². The van der Waals surface area contributed by atoms with Crippen molar-refractivity contribution >= 4 is 5.97 Å². The number of carbonyl (C=O) groups is 1. The van der Waals surface area contributed by atoms with Gasteiger partial charge in [-0.15, -0.1) is 0 Å². The summed E-state index contributed by atoms with van der Waals surface area (Å²) in [5, 5.41) is 12.5. The molecule has 0 spiro atoms. The van der Waals surface area contributed by atoms with Gasteiger partial charge in [0, 0.05) is 12.1 Å². The van der Waals surface area contributed by atoms with E-state index in [2.05, 4.69) is 17.1 Å². The van der Waals surface area contributed by atoms with Crippen LogP contribution in [-0.2, 0) is 4.79 Å². The van der Waals surface area contributed by atoms with Gasteiger partial charge in [-0.1, -0.05) is 0 Å². The van der Waals surface area contributed by atoms with Crippen LogP contribution in [0.1, 0.15) is 45.4 Å². The Balaban J connectivity index is 2.08. The third-order valence-electron chi connectivity index (χ3n) is 4.69. The summed E-state index contributed by atoms with van der Waals surface area (Å²) < 4.78 is 0. The number of likely N-dealkylation sites (N-methyl/N-ethyl adjacent to an activating group) is 1. The molecule has 3 unspecified atom stereocenters. The number of aliphatic carboxylic acids is 1. The minimum absolute atomic E-state index is 0.449. The van der Waals surface area contributed by atoms with E-state index in [1.807, 2.05) is 0 Å². The Morgan fingerprint density at radius 3 is 2.71 bits per heavy atom. The Labute approximate surface area is 103 Å². The second-order valence-corrected chi connectivity index (χ2v) is 5.62. The van der Waals surface area contributed by atoms with E-state index in [-0.39, 0.29) is 0 Å². The molecule has 4 heteroatoms. The average molecular weight is 240 g/mol. The van der Waals surface area contributed by atoms with Crippen LogP contribution in [0.4, 0.5) is 0 Å². The zero-order chi connectivity index (χ0) is 12.5. The fourth-order valence-corrected chi connectivity index (χ4v) is 3.56. The third-order valence-corrected chi connectivity index (χ3v) is 4.69. The van der Waals surface area contributed by atoms with Crippen LogP contribution >= 0.6 is 0 Å². The Kier molecular flexibility index (Phi) is 3.73. The standard InChI is InChI=1S/C13H24N2O2/c1-10-5-4-8-15(10)11-6-3-7-13(9-11,14-2)12(16)17/h10-11,14H,3-9H2,1-2H3,(H,16,17). The number of hydrogen-bond acceptors (Lipinski definition) is 3. The van der Waals surface area contributed by atoms with E-state index >= 15 is 0 Å². The molecule has 0 aromatic rings. The number of carboxylic acids is 1. The summed E-state index contributed by atoms with van der Waals surface area (Å²) in [6, 6.07) is 1.08. The van der Waals surface area contributed by atoms with E-state index in [1.54, 1.807) is 7.05 Å². The number of nitrogens with zero attached hydrogens (tertiary/aromatic N) is 1. The topological polar surface area (TPSA) is 52.6 Å². The quantitative estimate of drug-likeness (QED) is 0.784. The van der Waals surface area contributed by atoms with E-state index in [9.17, 15) is 9.90 Å². The lowest BCUT2D eigenvalue weighted by Crippen LogP contribution is -2.57. The first-order valence-corrected chi connectivity index (χ1v) is 6.77. The molecule has 1 aliphatic heterocycles. The molecule has 98 valence electrons. The van der Waals surface area contributed by atoms with E-state index in [1.165, 1.54) is 12.8 Å². The second kappa shape index (κ2) is 4.94. The molecule has 2 aliphatic rings. The molecule has 1 saturated carbocycles. The highest BCUT2D eigenvalue weighted by Crippen LogP contribution is 2.34. The molecule has 0 aromatic heterocycles. The fraction of sp³-hybridized carbons (Fsp3) is 0.923. The lowest BCUT2D eigenvalue weighted by atomic mass is 9.78. The highest BCUT2D eigenvalue weighted by atomic mass is 16.4. The van der Waals surface area contributed by atoms with Gasteiger partial charge in [-0.25, -0.2) is 0 Å². The number of likely N-dealkylation sites (tertiary alicyclic amines) is 1. The van der Waals surface area contributed by atoms with E-state index in [0.717, 1.165) is 32.2 Å². The molecule has 0 radical (unpaired) electrons. The maximum absolute atomic E-state index is 11.5. The number of carboxylic acid groups (broad SMARTS) is 1. The molecule has 0 bridgehead atoms. The first-order chi connectivity index (χ1) is 8.09. The van der Waals surface area contributed by atoms with Crippen molar-refractivity contribution in [3.05, 3.63) is 0 Å². The molecule has 3 atom stereocenters. The van der Waals surface area contributed by atoms with E-state index < -0.39 is 11.5 Å². The highest BCUT2D eigenvalue weighted by Gasteiger charge is 2.44. The predicted octanol–water partition coefficient (Wildman–Crippen LogP) is 1.46. The number of nitrogens with one attached hydrogen (secondary N) is 1. The molecule has 4 nitrogen and oxygen atoms in total. The van der Waals surface area contributed by atoms with Crippen LogP contribution in [-0.4, -0.2) is 47.2 Å². The van der Waals surface area contributed by atoms with Crippen LogP contribution in [0.25, 0.3) is 0 Å². The average Bonchev–Trinajstić information content (AvgIpc) is 2.75. The van der Waals surface area contributed by atoms with Gasteiger partial charge in [-0.3, -0.25) is 9.69 Å². The summed E-state index contributed by atoms with van der Waals surface area (Å²) in [4.78, 5) is 14.0. The van der Waals surface area contributed by atoms with Crippen molar-refractivity contribution in [1.82, 2.24) is 10.2 Å². The van der Waals surface area contributed by atoms with Crippen molar-refractivity contribution in [2.45, 2.75) is 63.1 Å². The van der Waals surface area contributed by atoms with Gasteiger partial charge in [0.1, 0.15) is 5.54 Å². The zero-order valence-corrected chi connectivity index (χ0v) is 10.9. The van der Waals surface area contributed by atoms with Gasteiger partial charge in [-0.2, -0.15) is 0 Å². The molecular weight excluding hydrogens is 216 g/mol. The van der Waals surface area contributed by atoms with Gasteiger partial charge in [0.15, 0.2) is 0 Å². The van der Waals surface area contributed by atoms with Crippen molar-refractivity contribution in [2.24, 2.45) is 0 Å².